The lowest BCUT2D eigenvalue weighted by Gasteiger charge is -2.34. The van der Waals surface area contributed by atoms with Crippen molar-refractivity contribution in [2.75, 3.05) is 0 Å². The minimum absolute atomic E-state index is 0.0756. The van der Waals surface area contributed by atoms with E-state index in [1.807, 2.05) is 19.9 Å². The number of aliphatic hydroxyl groups excluding tert-OH is 3. The van der Waals surface area contributed by atoms with Gasteiger partial charge in [0.05, 0.1) is 24.0 Å². The van der Waals surface area contributed by atoms with Gasteiger partial charge in [-0.2, -0.15) is 0 Å². The first-order chi connectivity index (χ1) is 16.9. The standard InChI is InChI=1S/C28H39NO7/c1-16-7-6-8-17(2)26(33)18(3)27(34)28(4,5)23(31)14-25(32)36-21(11-9-16)19-10-12-22-20(13-19)29-24(15-30)35-22/h9-10,12-13,17-18,21,23,26,30-31,33H,6-8,11,14-15H2,1-5H3/b16-9-/t17-,18+,21-,23-,26-/m0/s1. The summed E-state index contributed by atoms with van der Waals surface area (Å²) in [5, 5.41) is 31.0. The Labute approximate surface area is 212 Å². The van der Waals surface area contributed by atoms with Gasteiger partial charge >= 0.3 is 5.97 Å². The van der Waals surface area contributed by atoms with Crippen LogP contribution < -0.4 is 0 Å². The second-order valence-corrected chi connectivity index (χ2v) is 10.7. The Morgan fingerprint density at radius 3 is 2.58 bits per heavy atom. The molecule has 0 spiro atoms. The van der Waals surface area contributed by atoms with Crippen molar-refractivity contribution in [2.45, 2.75) is 91.6 Å². The van der Waals surface area contributed by atoms with E-state index >= 15 is 0 Å². The minimum atomic E-state index is -1.27. The first-order valence-corrected chi connectivity index (χ1v) is 12.7. The number of fused-ring (bicyclic) bond motifs is 1. The summed E-state index contributed by atoms with van der Waals surface area (Å²) in [7, 11) is 0. The van der Waals surface area contributed by atoms with E-state index in [1.165, 1.54) is 0 Å². The fourth-order valence-corrected chi connectivity index (χ4v) is 4.81. The van der Waals surface area contributed by atoms with Gasteiger partial charge in [0, 0.05) is 12.3 Å². The third-order valence-electron chi connectivity index (χ3n) is 7.48. The molecule has 1 aromatic heterocycles. The van der Waals surface area contributed by atoms with Crippen LogP contribution in [0.25, 0.3) is 11.1 Å². The zero-order valence-corrected chi connectivity index (χ0v) is 21.9. The number of aromatic nitrogens is 1. The SMILES string of the molecule is C/C1=C/C[C@@H](c2ccc3oc(CO)nc3c2)OC(=O)C[C@H](O)C(C)(C)C(=O)[C@H](C)[C@@H](O)[C@@H](C)CCC1. The average molecular weight is 502 g/mol. The third-order valence-corrected chi connectivity index (χ3v) is 7.48. The summed E-state index contributed by atoms with van der Waals surface area (Å²) < 4.78 is 11.3. The molecule has 0 saturated carbocycles. The largest absolute Gasteiger partial charge is 0.457 e. The van der Waals surface area contributed by atoms with Crippen LogP contribution >= 0.6 is 0 Å². The van der Waals surface area contributed by atoms with Crippen molar-refractivity contribution in [3.05, 3.63) is 41.3 Å². The number of carbonyl (C=O) groups is 2. The van der Waals surface area contributed by atoms with Gasteiger partial charge in [0.2, 0.25) is 5.89 Å². The van der Waals surface area contributed by atoms with E-state index in [0.717, 1.165) is 24.8 Å². The molecule has 8 heteroatoms. The van der Waals surface area contributed by atoms with E-state index in [4.69, 9.17) is 9.15 Å². The molecule has 0 amide bonds. The molecule has 1 aliphatic heterocycles. The second kappa shape index (κ2) is 11.7. The molecular formula is C28H39NO7. The lowest BCUT2D eigenvalue weighted by atomic mass is 9.73. The summed E-state index contributed by atoms with van der Waals surface area (Å²) >= 11 is 0. The highest BCUT2D eigenvalue weighted by Crippen LogP contribution is 2.33. The van der Waals surface area contributed by atoms with Gasteiger partial charge in [0.15, 0.2) is 5.58 Å². The quantitative estimate of drug-likeness (QED) is 0.408. The van der Waals surface area contributed by atoms with Gasteiger partial charge in [-0.1, -0.05) is 45.4 Å². The Morgan fingerprint density at radius 2 is 1.89 bits per heavy atom. The molecule has 1 aliphatic rings. The normalized spacial score (nSPS) is 30.6. The summed E-state index contributed by atoms with van der Waals surface area (Å²) in [6, 6.07) is 5.29. The molecule has 36 heavy (non-hydrogen) atoms. The number of hydrogen-bond donors (Lipinski definition) is 3. The molecule has 0 saturated heterocycles. The molecule has 5 atom stereocenters. The van der Waals surface area contributed by atoms with Crippen LogP contribution in [0.2, 0.25) is 0 Å². The molecule has 0 aliphatic carbocycles. The zero-order chi connectivity index (χ0) is 26.6. The van der Waals surface area contributed by atoms with Crippen LogP contribution in [-0.2, 0) is 20.9 Å². The first kappa shape index (κ1) is 28.0. The smallest absolute Gasteiger partial charge is 0.309 e. The highest BCUT2D eigenvalue weighted by molar-refractivity contribution is 5.88. The number of allylic oxidation sites excluding steroid dienone is 1. The fourth-order valence-electron chi connectivity index (χ4n) is 4.81. The molecule has 0 bridgehead atoms. The van der Waals surface area contributed by atoms with Crippen LogP contribution in [0, 0.1) is 17.3 Å². The molecule has 1 aromatic carbocycles. The van der Waals surface area contributed by atoms with Gasteiger partial charge < -0.3 is 24.5 Å². The maximum Gasteiger partial charge on any atom is 0.309 e. The number of aliphatic hydroxyl groups is 3. The number of benzene rings is 1. The van der Waals surface area contributed by atoms with Crippen molar-refractivity contribution >= 4 is 22.9 Å². The van der Waals surface area contributed by atoms with Crippen molar-refractivity contribution in [3.63, 3.8) is 0 Å². The number of cyclic esters (lactones) is 1. The Hall–Kier alpha value is -2.55. The predicted octanol–water partition coefficient (Wildman–Crippen LogP) is 4.40. The number of hydrogen-bond acceptors (Lipinski definition) is 8. The average Bonchev–Trinajstić information content (AvgIpc) is 3.26. The van der Waals surface area contributed by atoms with Crippen LogP contribution in [0.4, 0.5) is 0 Å². The molecule has 2 heterocycles. The van der Waals surface area contributed by atoms with Gasteiger partial charge in [-0.3, -0.25) is 9.59 Å². The molecule has 2 aromatic rings. The number of oxazole rings is 1. The number of nitrogens with zero attached hydrogens (tertiary/aromatic N) is 1. The molecule has 0 radical (unpaired) electrons. The van der Waals surface area contributed by atoms with Gasteiger partial charge in [0.25, 0.3) is 0 Å². The van der Waals surface area contributed by atoms with Gasteiger partial charge in [-0.25, -0.2) is 4.98 Å². The van der Waals surface area contributed by atoms with Crippen molar-refractivity contribution in [1.29, 1.82) is 0 Å². The maximum atomic E-state index is 13.2. The summed E-state index contributed by atoms with van der Waals surface area (Å²) in [4.78, 5) is 30.4. The van der Waals surface area contributed by atoms with Crippen molar-refractivity contribution < 1.29 is 34.1 Å². The molecule has 0 unspecified atom stereocenters. The summed E-state index contributed by atoms with van der Waals surface area (Å²) in [6.07, 6.45) is 1.86. The molecule has 8 nitrogen and oxygen atoms in total. The summed E-state index contributed by atoms with van der Waals surface area (Å²) in [5.74, 6) is -1.44. The van der Waals surface area contributed by atoms with Gasteiger partial charge in [-0.05, 0) is 49.8 Å². The minimum Gasteiger partial charge on any atom is -0.457 e. The number of rotatable bonds is 2. The van der Waals surface area contributed by atoms with Crippen LogP contribution in [0.5, 0.6) is 0 Å². The Balaban J connectivity index is 1.91. The molecule has 198 valence electrons. The lowest BCUT2D eigenvalue weighted by Crippen LogP contribution is -2.45. The number of ether oxygens (including phenoxy) is 1. The van der Waals surface area contributed by atoms with Crippen molar-refractivity contribution in [1.82, 2.24) is 4.98 Å². The third kappa shape index (κ3) is 6.41. The van der Waals surface area contributed by atoms with E-state index < -0.39 is 35.6 Å². The van der Waals surface area contributed by atoms with E-state index in [0.29, 0.717) is 23.1 Å². The highest BCUT2D eigenvalue weighted by atomic mass is 16.5. The van der Waals surface area contributed by atoms with E-state index in [-0.39, 0.29) is 30.6 Å². The van der Waals surface area contributed by atoms with Gasteiger partial charge in [-0.15, -0.1) is 0 Å². The number of esters is 1. The molecule has 3 rings (SSSR count). The topological polar surface area (TPSA) is 130 Å². The maximum absolute atomic E-state index is 13.2. The second-order valence-electron chi connectivity index (χ2n) is 10.7. The lowest BCUT2D eigenvalue weighted by molar-refractivity contribution is -0.155. The van der Waals surface area contributed by atoms with Crippen LogP contribution in [0.1, 0.15) is 84.3 Å². The zero-order valence-electron chi connectivity index (χ0n) is 21.9. The molecule has 0 fully saturated rings. The fraction of sp³-hybridized carbons (Fsp3) is 0.607. The molecular weight excluding hydrogens is 462 g/mol. The monoisotopic (exact) mass is 501 g/mol. The van der Waals surface area contributed by atoms with Crippen LogP contribution in [-0.4, -0.2) is 44.3 Å². The van der Waals surface area contributed by atoms with Crippen LogP contribution in [0.3, 0.4) is 0 Å². The van der Waals surface area contributed by atoms with E-state index in [2.05, 4.69) is 4.98 Å². The van der Waals surface area contributed by atoms with E-state index in [9.17, 15) is 24.9 Å². The summed E-state index contributed by atoms with van der Waals surface area (Å²) in [6.45, 7) is 8.54. The van der Waals surface area contributed by atoms with Crippen molar-refractivity contribution in [3.8, 4) is 0 Å². The first-order valence-electron chi connectivity index (χ1n) is 12.7. The van der Waals surface area contributed by atoms with E-state index in [1.54, 1.807) is 39.0 Å². The Kier molecular flexibility index (Phi) is 9.08. The van der Waals surface area contributed by atoms with Crippen LogP contribution in [0.15, 0.2) is 34.3 Å². The predicted molar refractivity (Wildman–Crippen MR) is 135 cm³/mol. The van der Waals surface area contributed by atoms with Gasteiger partial charge in [0.1, 0.15) is 24.0 Å². The number of carbonyl (C=O) groups excluding carboxylic acids is 2. The Bertz CT molecular complexity index is 1100. The number of ketones is 1. The van der Waals surface area contributed by atoms with Crippen molar-refractivity contribution in [2.24, 2.45) is 17.3 Å². The Morgan fingerprint density at radius 1 is 1.17 bits per heavy atom. The number of Topliss-reactive ketones (excluding diaryl/α,β-unsaturated/α-hetero) is 1. The molecule has 3 N–H and O–H groups in total. The highest BCUT2D eigenvalue weighted by Gasteiger charge is 2.42. The summed E-state index contributed by atoms with van der Waals surface area (Å²) in [5.41, 5.74) is 1.70.